The first-order valence-electron chi connectivity index (χ1n) is 11.2. The van der Waals surface area contributed by atoms with Crippen LogP contribution in [0.4, 0.5) is 5.82 Å². The zero-order valence-corrected chi connectivity index (χ0v) is 21.7. The highest BCUT2D eigenvalue weighted by Gasteiger charge is 2.11. The molecule has 1 aliphatic heterocycles. The fourth-order valence-electron chi connectivity index (χ4n) is 3.72. The van der Waals surface area contributed by atoms with Crippen LogP contribution < -0.4 is 25.0 Å². The summed E-state index contributed by atoms with van der Waals surface area (Å²) in [5.41, 5.74) is 2.20. The molecule has 1 aliphatic rings. The van der Waals surface area contributed by atoms with Crippen molar-refractivity contribution in [2.45, 2.75) is 45.7 Å². The molecule has 0 atom stereocenters. The third-order valence-corrected chi connectivity index (χ3v) is 5.44. The third-order valence-electron chi connectivity index (χ3n) is 5.44. The molecule has 1 saturated heterocycles. The molecule has 2 aromatic rings. The van der Waals surface area contributed by atoms with Crippen molar-refractivity contribution >= 4 is 35.8 Å². The Morgan fingerprint density at radius 3 is 2.50 bits per heavy atom. The molecule has 1 aromatic carbocycles. The van der Waals surface area contributed by atoms with Gasteiger partial charge in [0.15, 0.2) is 5.96 Å². The van der Waals surface area contributed by atoms with E-state index in [1.807, 2.05) is 30.5 Å². The Kier molecular flexibility index (Phi) is 11.4. The lowest BCUT2D eigenvalue weighted by atomic mass is 10.2. The van der Waals surface area contributed by atoms with Crippen LogP contribution in [0.3, 0.4) is 0 Å². The van der Waals surface area contributed by atoms with E-state index in [1.54, 1.807) is 14.2 Å². The summed E-state index contributed by atoms with van der Waals surface area (Å²) in [6.45, 7) is 6.24. The van der Waals surface area contributed by atoms with Gasteiger partial charge in [0.25, 0.3) is 0 Å². The number of guanidine groups is 1. The van der Waals surface area contributed by atoms with E-state index >= 15 is 0 Å². The molecule has 3 rings (SSSR count). The highest BCUT2D eigenvalue weighted by molar-refractivity contribution is 14.0. The van der Waals surface area contributed by atoms with Crippen LogP contribution in [0.1, 0.15) is 43.7 Å². The fourth-order valence-corrected chi connectivity index (χ4v) is 3.72. The molecule has 0 saturated carbocycles. The largest absolute Gasteiger partial charge is 0.497 e. The molecular formula is C24H36IN5O2. The number of rotatable bonds is 8. The number of aromatic nitrogens is 1. The van der Waals surface area contributed by atoms with Crippen molar-refractivity contribution < 1.29 is 9.47 Å². The van der Waals surface area contributed by atoms with E-state index in [2.05, 4.69) is 33.5 Å². The predicted octanol–water partition coefficient (Wildman–Crippen LogP) is 4.35. The van der Waals surface area contributed by atoms with Crippen LogP contribution in [0.15, 0.2) is 41.5 Å². The number of ether oxygens (including phenoxy) is 2. The third kappa shape index (κ3) is 7.72. The summed E-state index contributed by atoms with van der Waals surface area (Å²) in [6.07, 6.45) is 7.02. The van der Waals surface area contributed by atoms with Crippen molar-refractivity contribution in [3.63, 3.8) is 0 Å². The van der Waals surface area contributed by atoms with Gasteiger partial charge in [-0.25, -0.2) is 9.98 Å². The highest BCUT2D eigenvalue weighted by atomic mass is 127. The number of nitrogens with one attached hydrogen (secondary N) is 2. The molecule has 2 N–H and O–H groups in total. The van der Waals surface area contributed by atoms with Crippen molar-refractivity contribution in [2.24, 2.45) is 4.99 Å². The van der Waals surface area contributed by atoms with Crippen LogP contribution in [0.2, 0.25) is 0 Å². The van der Waals surface area contributed by atoms with Gasteiger partial charge in [0, 0.05) is 44.0 Å². The summed E-state index contributed by atoms with van der Waals surface area (Å²) in [4.78, 5) is 11.8. The highest BCUT2D eigenvalue weighted by Crippen LogP contribution is 2.24. The number of hydrogen-bond donors (Lipinski definition) is 2. The Labute approximate surface area is 209 Å². The van der Waals surface area contributed by atoms with Crippen molar-refractivity contribution in [1.29, 1.82) is 0 Å². The Balaban J connectivity index is 0.00000363. The minimum absolute atomic E-state index is 0. The smallest absolute Gasteiger partial charge is 0.191 e. The van der Waals surface area contributed by atoms with E-state index in [-0.39, 0.29) is 24.0 Å². The molecule has 1 fully saturated rings. The molecular weight excluding hydrogens is 517 g/mol. The maximum Gasteiger partial charge on any atom is 0.191 e. The molecule has 0 spiro atoms. The Morgan fingerprint density at radius 2 is 1.81 bits per heavy atom. The zero-order valence-electron chi connectivity index (χ0n) is 19.4. The lowest BCUT2D eigenvalue weighted by molar-refractivity contribution is 0.390. The number of hydrogen-bond acceptors (Lipinski definition) is 5. The van der Waals surface area contributed by atoms with E-state index in [4.69, 9.17) is 14.5 Å². The average molecular weight is 553 g/mol. The molecule has 2 heterocycles. The van der Waals surface area contributed by atoms with Gasteiger partial charge in [-0.2, -0.15) is 0 Å². The number of aliphatic imine (C=N–C) groups is 1. The van der Waals surface area contributed by atoms with Gasteiger partial charge in [0.2, 0.25) is 0 Å². The normalized spacial score (nSPS) is 14.2. The Morgan fingerprint density at radius 1 is 1.03 bits per heavy atom. The lowest BCUT2D eigenvalue weighted by Gasteiger charge is -2.21. The average Bonchev–Trinajstić information content (AvgIpc) is 3.10. The monoisotopic (exact) mass is 553 g/mol. The van der Waals surface area contributed by atoms with Gasteiger partial charge in [0.05, 0.1) is 20.8 Å². The van der Waals surface area contributed by atoms with E-state index < -0.39 is 0 Å². The molecule has 0 bridgehead atoms. The molecule has 0 radical (unpaired) electrons. The number of benzene rings is 1. The van der Waals surface area contributed by atoms with Crippen LogP contribution in [-0.4, -0.2) is 44.8 Å². The summed E-state index contributed by atoms with van der Waals surface area (Å²) in [5.74, 6) is 3.40. The summed E-state index contributed by atoms with van der Waals surface area (Å²) in [7, 11) is 3.32. The van der Waals surface area contributed by atoms with Gasteiger partial charge in [-0.1, -0.05) is 12.8 Å². The minimum atomic E-state index is 0. The maximum atomic E-state index is 5.50. The summed E-state index contributed by atoms with van der Waals surface area (Å²) in [5, 5.41) is 6.71. The standard InChI is InChI=1S/C24H35N5O2.HI/c1-4-25-24(28-18-20-9-10-21(30-2)16-22(20)31-3)27-17-19-11-12-26-23(15-19)29-13-7-5-6-8-14-29;/h9-12,15-16H,4-8,13-14,17-18H2,1-3H3,(H2,25,27,28);1H. The number of halogens is 1. The van der Waals surface area contributed by atoms with Crippen molar-refractivity contribution in [2.75, 3.05) is 38.8 Å². The van der Waals surface area contributed by atoms with Crippen LogP contribution in [0.25, 0.3) is 0 Å². The molecule has 7 nitrogen and oxygen atoms in total. The van der Waals surface area contributed by atoms with Crippen molar-refractivity contribution in [1.82, 2.24) is 15.6 Å². The van der Waals surface area contributed by atoms with Crippen molar-refractivity contribution in [3.8, 4) is 11.5 Å². The molecule has 32 heavy (non-hydrogen) atoms. The van der Waals surface area contributed by atoms with Gasteiger partial charge in [-0.3, -0.25) is 0 Å². The quantitative estimate of drug-likeness (QED) is 0.288. The van der Waals surface area contributed by atoms with Crippen LogP contribution >= 0.6 is 24.0 Å². The number of pyridine rings is 1. The Hall–Kier alpha value is -2.23. The van der Waals surface area contributed by atoms with Gasteiger partial charge in [0.1, 0.15) is 17.3 Å². The summed E-state index contributed by atoms with van der Waals surface area (Å²) < 4.78 is 10.8. The molecule has 176 valence electrons. The van der Waals surface area contributed by atoms with Gasteiger partial charge in [-0.15, -0.1) is 24.0 Å². The molecule has 0 aliphatic carbocycles. The first-order chi connectivity index (χ1) is 15.2. The zero-order chi connectivity index (χ0) is 21.9. The predicted molar refractivity (Wildman–Crippen MR) is 142 cm³/mol. The minimum Gasteiger partial charge on any atom is -0.497 e. The van der Waals surface area contributed by atoms with Gasteiger partial charge < -0.3 is 25.0 Å². The molecule has 8 heteroatoms. The second-order valence-corrected chi connectivity index (χ2v) is 7.65. The molecule has 0 amide bonds. The second-order valence-electron chi connectivity index (χ2n) is 7.65. The lowest BCUT2D eigenvalue weighted by Crippen LogP contribution is -2.36. The molecule has 1 aromatic heterocycles. The second kappa shape index (κ2) is 14.0. The van der Waals surface area contributed by atoms with Crippen LogP contribution in [-0.2, 0) is 13.1 Å². The topological polar surface area (TPSA) is 71.0 Å². The number of anilines is 1. The van der Waals surface area contributed by atoms with Crippen LogP contribution in [0.5, 0.6) is 11.5 Å². The van der Waals surface area contributed by atoms with E-state index in [1.165, 1.54) is 25.7 Å². The van der Waals surface area contributed by atoms with E-state index in [0.717, 1.165) is 54.0 Å². The van der Waals surface area contributed by atoms with E-state index in [0.29, 0.717) is 13.1 Å². The number of nitrogens with zero attached hydrogens (tertiary/aromatic N) is 3. The first-order valence-corrected chi connectivity index (χ1v) is 11.2. The van der Waals surface area contributed by atoms with Crippen LogP contribution in [0, 0.1) is 0 Å². The van der Waals surface area contributed by atoms with Crippen molar-refractivity contribution in [3.05, 3.63) is 47.7 Å². The summed E-state index contributed by atoms with van der Waals surface area (Å²) in [6, 6.07) is 10.0. The summed E-state index contributed by atoms with van der Waals surface area (Å²) >= 11 is 0. The fraction of sp³-hybridized carbons (Fsp3) is 0.500. The van der Waals surface area contributed by atoms with Gasteiger partial charge >= 0.3 is 0 Å². The van der Waals surface area contributed by atoms with Gasteiger partial charge in [-0.05, 0) is 49.6 Å². The maximum absolute atomic E-state index is 5.50. The Bertz CT molecular complexity index is 854. The first kappa shape index (κ1) is 26.0. The molecule has 0 unspecified atom stereocenters. The number of methoxy groups -OCH3 is 2. The SMILES string of the molecule is CCNC(=NCc1ccnc(N2CCCCCC2)c1)NCc1ccc(OC)cc1OC.I. The van der Waals surface area contributed by atoms with E-state index in [9.17, 15) is 0 Å².